The predicted molar refractivity (Wildman–Crippen MR) is 97.1 cm³/mol. The van der Waals surface area contributed by atoms with Gasteiger partial charge in [-0.3, -0.25) is 14.9 Å². The Morgan fingerprint density at radius 2 is 2.00 bits per heavy atom. The fraction of sp³-hybridized carbons (Fsp3) is 0.167. The van der Waals surface area contributed by atoms with Crippen LogP contribution >= 0.6 is 11.8 Å². The molecule has 26 heavy (non-hydrogen) atoms. The van der Waals surface area contributed by atoms with E-state index in [0.29, 0.717) is 11.0 Å². The third-order valence-corrected chi connectivity index (χ3v) is 5.38. The molecule has 2 aromatic carbocycles. The summed E-state index contributed by atoms with van der Waals surface area (Å²) in [4.78, 5) is 27.5. The molecule has 0 aliphatic carbocycles. The number of thioether (sulfide) groups is 1. The first-order valence-electron chi connectivity index (χ1n) is 7.99. The summed E-state index contributed by atoms with van der Waals surface area (Å²) < 4.78 is 1.33. The van der Waals surface area contributed by atoms with Crippen LogP contribution in [-0.4, -0.2) is 25.6 Å². The van der Waals surface area contributed by atoms with Gasteiger partial charge in [0.15, 0.2) is 11.0 Å². The van der Waals surface area contributed by atoms with Crippen LogP contribution in [0, 0.1) is 17.0 Å². The fourth-order valence-electron chi connectivity index (χ4n) is 2.80. The number of hydrogen-bond acceptors (Lipinski definition) is 6. The van der Waals surface area contributed by atoms with Gasteiger partial charge in [-0.15, -0.1) is 5.10 Å². The van der Waals surface area contributed by atoms with E-state index in [2.05, 4.69) is 10.1 Å². The lowest BCUT2D eigenvalue weighted by atomic mass is 10.1. The number of benzene rings is 2. The second-order valence-electron chi connectivity index (χ2n) is 6.05. The van der Waals surface area contributed by atoms with Gasteiger partial charge in [0.1, 0.15) is 0 Å². The van der Waals surface area contributed by atoms with Crippen LogP contribution in [0.2, 0.25) is 0 Å². The molecule has 2 heterocycles. The monoisotopic (exact) mass is 366 g/mol. The van der Waals surface area contributed by atoms with Crippen molar-refractivity contribution in [2.45, 2.75) is 23.8 Å². The van der Waals surface area contributed by atoms with Gasteiger partial charge >= 0.3 is 0 Å². The highest BCUT2D eigenvalue weighted by Gasteiger charge is 2.30. The number of carbonyl (C=O) groups is 1. The molecule has 0 fully saturated rings. The summed E-state index contributed by atoms with van der Waals surface area (Å²) in [6.45, 7) is 2.00. The largest absolute Gasteiger partial charge is 0.272 e. The van der Waals surface area contributed by atoms with E-state index in [9.17, 15) is 14.9 Å². The SMILES string of the molecule is Cc1ccc(-c2nc3n(n2)C(=O)C[C@@H](c2cccc([N+](=O)[O-])c2)S3)cc1. The Morgan fingerprint density at radius 3 is 2.73 bits per heavy atom. The maximum atomic E-state index is 12.5. The van der Waals surface area contributed by atoms with Crippen LogP contribution in [0.3, 0.4) is 0 Å². The summed E-state index contributed by atoms with van der Waals surface area (Å²) in [5.41, 5.74) is 2.73. The van der Waals surface area contributed by atoms with Crippen LogP contribution in [0.15, 0.2) is 53.7 Å². The van der Waals surface area contributed by atoms with E-state index in [-0.39, 0.29) is 23.3 Å². The number of fused-ring (bicyclic) bond motifs is 1. The Morgan fingerprint density at radius 1 is 1.23 bits per heavy atom. The van der Waals surface area contributed by atoms with Crippen LogP contribution < -0.4 is 0 Å². The highest BCUT2D eigenvalue weighted by Crippen LogP contribution is 2.42. The number of nitro groups is 1. The fourth-order valence-corrected chi connectivity index (χ4v) is 3.94. The normalized spacial score (nSPS) is 16.3. The van der Waals surface area contributed by atoms with Gasteiger partial charge in [-0.05, 0) is 12.5 Å². The molecule has 130 valence electrons. The predicted octanol–water partition coefficient (Wildman–Crippen LogP) is 4.04. The molecule has 4 rings (SSSR count). The third-order valence-electron chi connectivity index (χ3n) is 4.18. The number of nitro benzene ring substituents is 1. The van der Waals surface area contributed by atoms with E-state index >= 15 is 0 Å². The van der Waals surface area contributed by atoms with Gasteiger partial charge in [0.2, 0.25) is 0 Å². The minimum atomic E-state index is -0.434. The standard InChI is InChI=1S/C18H14N4O3S/c1-11-5-7-12(8-6-11)17-19-18-21(20-17)16(23)10-15(26-18)13-3-2-4-14(9-13)22(24)25/h2-9,15H,10H2,1H3/t15-/m0/s1. The first-order chi connectivity index (χ1) is 12.5. The van der Waals surface area contributed by atoms with E-state index in [4.69, 9.17) is 0 Å². The topological polar surface area (TPSA) is 90.9 Å². The molecule has 0 saturated heterocycles. The highest BCUT2D eigenvalue weighted by molar-refractivity contribution is 7.99. The molecule has 3 aromatic rings. The zero-order valence-electron chi connectivity index (χ0n) is 13.8. The zero-order chi connectivity index (χ0) is 18.3. The van der Waals surface area contributed by atoms with E-state index in [0.717, 1.165) is 16.7 Å². The Hall–Kier alpha value is -3.00. The van der Waals surface area contributed by atoms with Crippen LogP contribution in [-0.2, 0) is 0 Å². The number of carbonyl (C=O) groups excluding carboxylic acids is 1. The van der Waals surface area contributed by atoms with Crippen molar-refractivity contribution in [3.63, 3.8) is 0 Å². The second kappa shape index (κ2) is 6.38. The molecule has 0 radical (unpaired) electrons. The van der Waals surface area contributed by atoms with Crippen molar-refractivity contribution in [3.8, 4) is 11.4 Å². The summed E-state index contributed by atoms with van der Waals surface area (Å²) in [6.07, 6.45) is 0.218. The van der Waals surface area contributed by atoms with Gasteiger partial charge in [0.25, 0.3) is 11.6 Å². The van der Waals surface area contributed by atoms with Crippen molar-refractivity contribution in [2.24, 2.45) is 0 Å². The van der Waals surface area contributed by atoms with Crippen LogP contribution in [0.1, 0.15) is 27.6 Å². The Kier molecular flexibility index (Phi) is 4.04. The molecule has 0 amide bonds. The lowest BCUT2D eigenvalue weighted by Gasteiger charge is -2.20. The van der Waals surface area contributed by atoms with Crippen molar-refractivity contribution in [3.05, 3.63) is 69.8 Å². The van der Waals surface area contributed by atoms with Crippen molar-refractivity contribution in [1.82, 2.24) is 14.8 Å². The van der Waals surface area contributed by atoms with Crippen molar-refractivity contribution in [1.29, 1.82) is 0 Å². The summed E-state index contributed by atoms with van der Waals surface area (Å²) in [7, 11) is 0. The summed E-state index contributed by atoms with van der Waals surface area (Å²) >= 11 is 1.40. The number of rotatable bonds is 3. The minimum absolute atomic E-state index is 0.0166. The van der Waals surface area contributed by atoms with E-state index in [1.165, 1.54) is 28.6 Å². The van der Waals surface area contributed by atoms with E-state index in [1.807, 2.05) is 31.2 Å². The molecule has 0 spiro atoms. The molecule has 0 bridgehead atoms. The molecule has 0 N–H and O–H groups in total. The average molecular weight is 366 g/mol. The maximum absolute atomic E-state index is 12.5. The molecule has 0 saturated carbocycles. The summed E-state index contributed by atoms with van der Waals surface area (Å²) in [5.74, 6) is 0.335. The summed E-state index contributed by atoms with van der Waals surface area (Å²) in [5, 5.41) is 15.6. The van der Waals surface area contributed by atoms with E-state index in [1.54, 1.807) is 12.1 Å². The third kappa shape index (κ3) is 2.99. The molecule has 8 heteroatoms. The van der Waals surface area contributed by atoms with Crippen LogP contribution in [0.5, 0.6) is 0 Å². The van der Waals surface area contributed by atoms with Crippen molar-refractivity contribution in [2.75, 3.05) is 0 Å². The van der Waals surface area contributed by atoms with Crippen LogP contribution in [0.25, 0.3) is 11.4 Å². The van der Waals surface area contributed by atoms with Crippen molar-refractivity contribution < 1.29 is 9.72 Å². The number of nitrogens with zero attached hydrogens (tertiary/aromatic N) is 4. The average Bonchev–Trinajstić information content (AvgIpc) is 3.07. The molecule has 1 aliphatic heterocycles. The second-order valence-corrected chi connectivity index (χ2v) is 7.22. The lowest BCUT2D eigenvalue weighted by Crippen LogP contribution is -2.21. The van der Waals surface area contributed by atoms with Gasteiger partial charge in [0.05, 0.1) is 4.92 Å². The number of aryl methyl sites for hydroxylation is 1. The number of aromatic nitrogens is 3. The lowest BCUT2D eigenvalue weighted by molar-refractivity contribution is -0.384. The highest BCUT2D eigenvalue weighted by atomic mass is 32.2. The molecular weight excluding hydrogens is 352 g/mol. The number of hydrogen-bond donors (Lipinski definition) is 0. The number of non-ortho nitro benzene ring substituents is 1. The van der Waals surface area contributed by atoms with Crippen molar-refractivity contribution >= 4 is 23.4 Å². The molecule has 0 unspecified atom stereocenters. The van der Waals surface area contributed by atoms with Gasteiger partial charge in [-0.1, -0.05) is 53.7 Å². The van der Waals surface area contributed by atoms with Crippen LogP contribution in [0.4, 0.5) is 5.69 Å². The maximum Gasteiger partial charge on any atom is 0.269 e. The zero-order valence-corrected chi connectivity index (χ0v) is 14.6. The smallest absolute Gasteiger partial charge is 0.269 e. The minimum Gasteiger partial charge on any atom is -0.272 e. The molecule has 1 atom stereocenters. The quantitative estimate of drug-likeness (QED) is 0.513. The Labute approximate surface area is 153 Å². The van der Waals surface area contributed by atoms with Gasteiger partial charge in [0, 0.05) is 29.4 Å². The molecule has 1 aromatic heterocycles. The van der Waals surface area contributed by atoms with Gasteiger partial charge < -0.3 is 0 Å². The molecule has 7 nitrogen and oxygen atoms in total. The van der Waals surface area contributed by atoms with Gasteiger partial charge in [-0.2, -0.15) is 4.68 Å². The Balaban J connectivity index is 1.66. The first kappa shape index (κ1) is 16.5. The first-order valence-corrected chi connectivity index (χ1v) is 8.87. The molecular formula is C18H14N4O3S. The summed E-state index contributed by atoms with van der Waals surface area (Å²) in [6, 6.07) is 14.2. The van der Waals surface area contributed by atoms with E-state index < -0.39 is 4.92 Å². The molecule has 1 aliphatic rings. The Bertz CT molecular complexity index is 1010. The van der Waals surface area contributed by atoms with Gasteiger partial charge in [-0.25, -0.2) is 4.98 Å².